The standard InChI is InChI=1S/C21H28ClNO3.ClH/c1-16(2)25-12-6-11-23-14-17-9-10-20(21(13-17)24-3)26-15-18-7-4-5-8-19(18)22;/h4-5,7-10,13,16,23H,6,11-12,14-15H2,1-3H3;1H. The van der Waals surface area contributed by atoms with Gasteiger partial charge >= 0.3 is 0 Å². The molecule has 2 aromatic rings. The molecule has 2 aromatic carbocycles. The second-order valence-electron chi connectivity index (χ2n) is 6.32. The van der Waals surface area contributed by atoms with Crippen molar-refractivity contribution in [1.29, 1.82) is 0 Å². The SMILES string of the molecule is COc1cc(CNCCCOC(C)C)ccc1OCc1ccccc1Cl.Cl. The van der Waals surface area contributed by atoms with E-state index >= 15 is 0 Å². The van der Waals surface area contributed by atoms with Crippen molar-refractivity contribution in [3.63, 3.8) is 0 Å². The van der Waals surface area contributed by atoms with Gasteiger partial charge in [0.2, 0.25) is 0 Å². The van der Waals surface area contributed by atoms with Crippen molar-refractivity contribution in [3.8, 4) is 11.5 Å². The summed E-state index contributed by atoms with van der Waals surface area (Å²) >= 11 is 6.17. The van der Waals surface area contributed by atoms with E-state index in [9.17, 15) is 0 Å². The van der Waals surface area contributed by atoms with Gasteiger partial charge in [-0.3, -0.25) is 0 Å². The summed E-state index contributed by atoms with van der Waals surface area (Å²) in [5.74, 6) is 1.43. The zero-order chi connectivity index (χ0) is 18.8. The molecule has 0 heterocycles. The van der Waals surface area contributed by atoms with Crippen LogP contribution in [0.2, 0.25) is 5.02 Å². The molecule has 0 bridgehead atoms. The minimum Gasteiger partial charge on any atom is -0.493 e. The van der Waals surface area contributed by atoms with Gasteiger partial charge in [0.1, 0.15) is 6.61 Å². The van der Waals surface area contributed by atoms with Gasteiger partial charge in [0, 0.05) is 23.7 Å². The highest BCUT2D eigenvalue weighted by Gasteiger charge is 2.07. The third-order valence-corrected chi connectivity index (χ3v) is 4.22. The van der Waals surface area contributed by atoms with Crippen LogP contribution in [0, 0.1) is 0 Å². The molecule has 150 valence electrons. The first kappa shape index (κ1) is 23.6. The average Bonchev–Trinajstić information content (AvgIpc) is 2.64. The molecule has 2 rings (SSSR count). The third-order valence-electron chi connectivity index (χ3n) is 3.85. The predicted octanol–water partition coefficient (Wildman–Crippen LogP) is 5.25. The monoisotopic (exact) mass is 413 g/mol. The molecule has 0 saturated carbocycles. The van der Waals surface area contributed by atoms with Crippen molar-refractivity contribution in [2.75, 3.05) is 20.3 Å². The number of rotatable bonds is 11. The summed E-state index contributed by atoms with van der Waals surface area (Å²) in [6.07, 6.45) is 1.28. The highest BCUT2D eigenvalue weighted by Crippen LogP contribution is 2.29. The summed E-state index contributed by atoms with van der Waals surface area (Å²) in [5, 5.41) is 4.12. The van der Waals surface area contributed by atoms with Crippen LogP contribution in [0.1, 0.15) is 31.4 Å². The fourth-order valence-corrected chi connectivity index (χ4v) is 2.65. The second-order valence-corrected chi connectivity index (χ2v) is 6.72. The van der Waals surface area contributed by atoms with Crippen molar-refractivity contribution >= 4 is 24.0 Å². The molecule has 0 aliphatic rings. The number of hydrogen-bond acceptors (Lipinski definition) is 4. The minimum atomic E-state index is 0. The molecule has 0 spiro atoms. The molecule has 0 saturated heterocycles. The van der Waals surface area contributed by atoms with Gasteiger partial charge in [-0.05, 0) is 50.6 Å². The van der Waals surface area contributed by atoms with E-state index in [4.69, 9.17) is 25.8 Å². The first-order chi connectivity index (χ1) is 12.6. The molecule has 0 unspecified atom stereocenters. The van der Waals surface area contributed by atoms with Gasteiger partial charge in [-0.1, -0.05) is 35.9 Å². The number of methoxy groups -OCH3 is 1. The maximum atomic E-state index is 6.17. The van der Waals surface area contributed by atoms with Crippen LogP contribution in [-0.2, 0) is 17.9 Å². The molecule has 0 fully saturated rings. The lowest BCUT2D eigenvalue weighted by molar-refractivity contribution is 0.0770. The molecular formula is C21H29Cl2NO3. The molecule has 0 aromatic heterocycles. The smallest absolute Gasteiger partial charge is 0.161 e. The Hall–Kier alpha value is -1.46. The summed E-state index contributed by atoms with van der Waals surface area (Å²) in [6.45, 7) is 6.99. The predicted molar refractivity (Wildman–Crippen MR) is 113 cm³/mol. The van der Waals surface area contributed by atoms with Gasteiger partial charge in [0.15, 0.2) is 11.5 Å². The van der Waals surface area contributed by atoms with Crippen LogP contribution in [0.4, 0.5) is 0 Å². The number of benzene rings is 2. The highest BCUT2D eigenvalue weighted by molar-refractivity contribution is 6.31. The molecule has 4 nitrogen and oxygen atoms in total. The van der Waals surface area contributed by atoms with Crippen molar-refractivity contribution in [1.82, 2.24) is 5.32 Å². The van der Waals surface area contributed by atoms with Crippen LogP contribution >= 0.6 is 24.0 Å². The Bertz CT molecular complexity index is 680. The minimum absolute atomic E-state index is 0. The molecule has 0 aliphatic heterocycles. The summed E-state index contributed by atoms with van der Waals surface area (Å²) < 4.78 is 16.9. The number of halogens is 2. The number of hydrogen-bond donors (Lipinski definition) is 1. The van der Waals surface area contributed by atoms with Gasteiger partial charge < -0.3 is 19.5 Å². The number of nitrogens with one attached hydrogen (secondary N) is 1. The normalized spacial score (nSPS) is 10.6. The van der Waals surface area contributed by atoms with Crippen molar-refractivity contribution in [2.24, 2.45) is 0 Å². The van der Waals surface area contributed by atoms with E-state index in [0.29, 0.717) is 17.4 Å². The quantitative estimate of drug-likeness (QED) is 0.510. The Morgan fingerprint density at radius 3 is 2.56 bits per heavy atom. The topological polar surface area (TPSA) is 39.7 Å². The van der Waals surface area contributed by atoms with Crippen LogP contribution in [0.15, 0.2) is 42.5 Å². The van der Waals surface area contributed by atoms with E-state index in [1.165, 1.54) is 0 Å². The van der Waals surface area contributed by atoms with Crippen molar-refractivity contribution in [3.05, 3.63) is 58.6 Å². The lowest BCUT2D eigenvalue weighted by Crippen LogP contribution is -2.17. The van der Waals surface area contributed by atoms with E-state index < -0.39 is 0 Å². The number of ether oxygens (including phenoxy) is 3. The maximum absolute atomic E-state index is 6.17. The zero-order valence-electron chi connectivity index (χ0n) is 16.2. The first-order valence-electron chi connectivity index (χ1n) is 8.95. The van der Waals surface area contributed by atoms with Gasteiger partial charge in [0.05, 0.1) is 13.2 Å². The van der Waals surface area contributed by atoms with Crippen LogP contribution < -0.4 is 14.8 Å². The van der Waals surface area contributed by atoms with Gasteiger partial charge in [0.25, 0.3) is 0 Å². The Morgan fingerprint density at radius 2 is 1.85 bits per heavy atom. The van der Waals surface area contributed by atoms with Crippen molar-refractivity contribution < 1.29 is 14.2 Å². The Morgan fingerprint density at radius 1 is 1.07 bits per heavy atom. The van der Waals surface area contributed by atoms with Gasteiger partial charge in [-0.25, -0.2) is 0 Å². The van der Waals surface area contributed by atoms with E-state index in [0.717, 1.165) is 43.0 Å². The molecular weight excluding hydrogens is 385 g/mol. The Kier molecular flexibility index (Phi) is 11.2. The lowest BCUT2D eigenvalue weighted by Gasteiger charge is -2.13. The molecule has 6 heteroatoms. The Labute approximate surface area is 173 Å². The van der Waals surface area contributed by atoms with E-state index in [1.807, 2.05) is 42.5 Å². The lowest BCUT2D eigenvalue weighted by atomic mass is 10.2. The van der Waals surface area contributed by atoms with Crippen LogP contribution in [0.3, 0.4) is 0 Å². The third kappa shape index (κ3) is 8.39. The van der Waals surface area contributed by atoms with Gasteiger partial charge in [-0.2, -0.15) is 0 Å². The largest absolute Gasteiger partial charge is 0.493 e. The van der Waals surface area contributed by atoms with Gasteiger partial charge in [-0.15, -0.1) is 12.4 Å². The summed E-state index contributed by atoms with van der Waals surface area (Å²) in [4.78, 5) is 0. The van der Waals surface area contributed by atoms with Crippen molar-refractivity contribution in [2.45, 2.75) is 39.5 Å². The highest BCUT2D eigenvalue weighted by atomic mass is 35.5. The van der Waals surface area contributed by atoms with E-state index in [1.54, 1.807) is 7.11 Å². The molecule has 0 aliphatic carbocycles. The van der Waals surface area contributed by atoms with E-state index in [-0.39, 0.29) is 18.5 Å². The fraction of sp³-hybridized carbons (Fsp3) is 0.429. The summed E-state index contributed by atoms with van der Waals surface area (Å²) in [7, 11) is 1.65. The van der Waals surface area contributed by atoms with Crippen LogP contribution in [0.5, 0.6) is 11.5 Å². The van der Waals surface area contributed by atoms with Crippen LogP contribution in [-0.4, -0.2) is 26.4 Å². The Balaban J connectivity index is 0.00000364. The second kappa shape index (κ2) is 12.8. The molecule has 27 heavy (non-hydrogen) atoms. The summed E-state index contributed by atoms with van der Waals surface area (Å²) in [6, 6.07) is 13.6. The molecule has 0 amide bonds. The summed E-state index contributed by atoms with van der Waals surface area (Å²) in [5.41, 5.74) is 2.10. The van der Waals surface area contributed by atoms with Crippen LogP contribution in [0.25, 0.3) is 0 Å². The zero-order valence-corrected chi connectivity index (χ0v) is 17.7. The van der Waals surface area contributed by atoms with E-state index in [2.05, 4.69) is 19.2 Å². The average molecular weight is 414 g/mol. The maximum Gasteiger partial charge on any atom is 0.161 e. The molecule has 1 N–H and O–H groups in total. The first-order valence-corrected chi connectivity index (χ1v) is 9.33. The molecule has 0 atom stereocenters. The molecule has 0 radical (unpaired) electrons. The fourth-order valence-electron chi connectivity index (χ4n) is 2.46.